The minimum atomic E-state index is -0.206. The van der Waals surface area contributed by atoms with Crippen molar-refractivity contribution in [1.82, 2.24) is 20.3 Å². The molecule has 8 nitrogen and oxygen atoms in total. The third kappa shape index (κ3) is 3.44. The van der Waals surface area contributed by atoms with E-state index in [1.807, 2.05) is 4.90 Å². The molecule has 3 rings (SSSR count). The van der Waals surface area contributed by atoms with Crippen LogP contribution in [-0.2, 0) is 9.53 Å². The Morgan fingerprint density at radius 2 is 2.04 bits per heavy atom. The number of hydrogen-bond acceptors (Lipinski definition) is 6. The Morgan fingerprint density at radius 1 is 1.29 bits per heavy atom. The minimum Gasteiger partial charge on any atom is -0.379 e. The number of carbonyl (C=O) groups is 2. The maximum absolute atomic E-state index is 12.5. The Kier molecular flexibility index (Phi) is 5.15. The average molecular weight is 336 g/mol. The van der Waals surface area contributed by atoms with Crippen LogP contribution in [0.1, 0.15) is 28.2 Å². The number of aryl methyl sites for hydroxylation is 2. The molecular weight excluding hydrogens is 312 g/mol. The van der Waals surface area contributed by atoms with Crippen LogP contribution in [0, 0.1) is 13.8 Å². The van der Waals surface area contributed by atoms with Gasteiger partial charge in [0.05, 0.1) is 24.9 Å². The molecule has 0 bridgehead atoms. The number of carbonyl (C=O) groups excluding carboxylic acids is 2. The largest absolute Gasteiger partial charge is 0.379 e. The summed E-state index contributed by atoms with van der Waals surface area (Å²) in [5.74, 6) is 0.459. The zero-order valence-electron chi connectivity index (χ0n) is 14.2. The second kappa shape index (κ2) is 7.31. The lowest BCUT2D eigenvalue weighted by molar-refractivity contribution is -0.133. The van der Waals surface area contributed by atoms with Gasteiger partial charge in [0.1, 0.15) is 11.3 Å². The van der Waals surface area contributed by atoms with Crippen molar-refractivity contribution in [3.8, 4) is 0 Å². The first-order chi connectivity index (χ1) is 11.6. The highest BCUT2D eigenvalue weighted by molar-refractivity contribution is 5.96. The fourth-order valence-electron chi connectivity index (χ4n) is 3.37. The number of ether oxygens (including phenoxy) is 1. The monoisotopic (exact) mass is 336 g/mol. The van der Waals surface area contributed by atoms with E-state index in [1.54, 1.807) is 13.8 Å². The number of hydrogen-bond donors (Lipinski definition) is 1. The van der Waals surface area contributed by atoms with Crippen molar-refractivity contribution in [2.24, 2.45) is 0 Å². The summed E-state index contributed by atoms with van der Waals surface area (Å²) in [4.78, 5) is 28.7. The van der Waals surface area contributed by atoms with E-state index in [1.165, 1.54) is 0 Å². The quantitative estimate of drug-likeness (QED) is 0.811. The van der Waals surface area contributed by atoms with Crippen molar-refractivity contribution < 1.29 is 18.8 Å². The number of likely N-dealkylation sites (tertiary alicyclic amines) is 1. The second-order valence-corrected chi connectivity index (χ2v) is 6.23. The van der Waals surface area contributed by atoms with Gasteiger partial charge in [-0.05, 0) is 20.3 Å². The second-order valence-electron chi connectivity index (χ2n) is 6.23. The molecule has 2 saturated heterocycles. The number of aromatic nitrogens is 1. The summed E-state index contributed by atoms with van der Waals surface area (Å²) in [5, 5.41) is 6.62. The number of morpholine rings is 1. The van der Waals surface area contributed by atoms with Crippen molar-refractivity contribution in [3.63, 3.8) is 0 Å². The summed E-state index contributed by atoms with van der Waals surface area (Å²) in [6, 6.07) is -0.0350. The number of nitrogens with zero attached hydrogens (tertiary/aromatic N) is 3. The van der Waals surface area contributed by atoms with Gasteiger partial charge in [0.15, 0.2) is 0 Å². The van der Waals surface area contributed by atoms with E-state index in [9.17, 15) is 9.59 Å². The number of amides is 2. The van der Waals surface area contributed by atoms with E-state index in [4.69, 9.17) is 9.26 Å². The van der Waals surface area contributed by atoms with Crippen LogP contribution in [0.2, 0.25) is 0 Å². The van der Waals surface area contributed by atoms with E-state index in [0.717, 1.165) is 26.1 Å². The molecule has 1 aromatic rings. The molecule has 3 heterocycles. The van der Waals surface area contributed by atoms with Crippen molar-refractivity contribution in [1.29, 1.82) is 0 Å². The first kappa shape index (κ1) is 16.9. The Morgan fingerprint density at radius 3 is 2.71 bits per heavy atom. The maximum atomic E-state index is 12.5. The van der Waals surface area contributed by atoms with Crippen LogP contribution in [0.25, 0.3) is 0 Å². The molecule has 2 fully saturated rings. The van der Waals surface area contributed by atoms with Gasteiger partial charge >= 0.3 is 0 Å². The fraction of sp³-hybridized carbons (Fsp3) is 0.688. The molecule has 2 aliphatic rings. The summed E-state index contributed by atoms with van der Waals surface area (Å²) in [5.41, 5.74) is 1.06. The molecule has 0 radical (unpaired) electrons. The summed E-state index contributed by atoms with van der Waals surface area (Å²) in [6.07, 6.45) is 0.844. The van der Waals surface area contributed by atoms with Crippen molar-refractivity contribution in [2.75, 3.05) is 45.9 Å². The number of rotatable bonds is 5. The van der Waals surface area contributed by atoms with Crippen LogP contribution in [0.4, 0.5) is 0 Å². The highest BCUT2D eigenvalue weighted by Crippen LogP contribution is 2.18. The van der Waals surface area contributed by atoms with E-state index in [0.29, 0.717) is 43.3 Å². The highest BCUT2D eigenvalue weighted by atomic mass is 16.5. The first-order valence-electron chi connectivity index (χ1n) is 8.39. The van der Waals surface area contributed by atoms with E-state index in [2.05, 4.69) is 15.4 Å². The van der Waals surface area contributed by atoms with Gasteiger partial charge < -0.3 is 19.5 Å². The van der Waals surface area contributed by atoms with Gasteiger partial charge in [-0.15, -0.1) is 0 Å². The van der Waals surface area contributed by atoms with Gasteiger partial charge in [0.2, 0.25) is 5.91 Å². The molecule has 0 aromatic carbocycles. The first-order valence-corrected chi connectivity index (χ1v) is 8.39. The van der Waals surface area contributed by atoms with E-state index >= 15 is 0 Å². The highest BCUT2D eigenvalue weighted by Gasteiger charge is 2.36. The Balaban J connectivity index is 1.47. The molecule has 8 heteroatoms. The smallest absolute Gasteiger partial charge is 0.256 e. The predicted molar refractivity (Wildman–Crippen MR) is 85.7 cm³/mol. The molecule has 1 N–H and O–H groups in total. The van der Waals surface area contributed by atoms with E-state index < -0.39 is 0 Å². The Hall–Kier alpha value is -1.93. The van der Waals surface area contributed by atoms with Crippen molar-refractivity contribution in [2.45, 2.75) is 26.3 Å². The third-order valence-electron chi connectivity index (χ3n) is 4.68. The van der Waals surface area contributed by atoms with E-state index in [-0.39, 0.29) is 17.9 Å². The molecule has 2 amide bonds. The van der Waals surface area contributed by atoms with Gasteiger partial charge in [-0.1, -0.05) is 5.16 Å². The normalized spacial score (nSPS) is 22.2. The van der Waals surface area contributed by atoms with Gasteiger partial charge in [0, 0.05) is 32.7 Å². The Labute approximate surface area is 141 Å². The molecule has 132 valence electrons. The van der Waals surface area contributed by atoms with Crippen molar-refractivity contribution >= 4 is 11.8 Å². The lowest BCUT2D eigenvalue weighted by atomic mass is 10.2. The average Bonchev–Trinajstić information content (AvgIpc) is 3.11. The van der Waals surface area contributed by atoms with Crippen LogP contribution in [0.5, 0.6) is 0 Å². The van der Waals surface area contributed by atoms with Gasteiger partial charge in [0.25, 0.3) is 5.91 Å². The molecule has 0 aliphatic carbocycles. The van der Waals surface area contributed by atoms with Crippen LogP contribution in [0.3, 0.4) is 0 Å². The zero-order chi connectivity index (χ0) is 17.1. The topological polar surface area (TPSA) is 87.9 Å². The summed E-state index contributed by atoms with van der Waals surface area (Å²) >= 11 is 0. The van der Waals surface area contributed by atoms with Gasteiger partial charge in [-0.3, -0.25) is 14.5 Å². The SMILES string of the molecule is Cc1noc(C)c1C(=O)NCCN1CCC(N2CCOCC2)C1=O. The maximum Gasteiger partial charge on any atom is 0.256 e. The minimum absolute atomic E-state index is 0.0350. The van der Waals surface area contributed by atoms with Gasteiger partial charge in [-0.2, -0.15) is 0 Å². The molecule has 1 unspecified atom stereocenters. The van der Waals surface area contributed by atoms with Crippen LogP contribution >= 0.6 is 0 Å². The molecular formula is C16H24N4O4. The third-order valence-corrected chi connectivity index (χ3v) is 4.68. The van der Waals surface area contributed by atoms with Crippen LogP contribution in [0.15, 0.2) is 4.52 Å². The summed E-state index contributed by atoms with van der Waals surface area (Å²) in [7, 11) is 0. The molecule has 0 saturated carbocycles. The molecule has 2 aliphatic heterocycles. The van der Waals surface area contributed by atoms with Crippen LogP contribution < -0.4 is 5.32 Å². The van der Waals surface area contributed by atoms with Gasteiger partial charge in [-0.25, -0.2) is 0 Å². The zero-order valence-corrected chi connectivity index (χ0v) is 14.2. The molecule has 1 aromatic heterocycles. The standard InChI is InChI=1S/C16H24N4O4/c1-11-14(12(2)24-18-11)15(21)17-4-6-20-5-3-13(16(20)22)19-7-9-23-10-8-19/h13H,3-10H2,1-2H3,(H,17,21). The van der Waals surface area contributed by atoms with Crippen molar-refractivity contribution in [3.05, 3.63) is 17.0 Å². The molecule has 1 atom stereocenters. The number of nitrogens with one attached hydrogen (secondary N) is 1. The molecule has 24 heavy (non-hydrogen) atoms. The molecule has 0 spiro atoms. The Bertz CT molecular complexity index is 590. The summed E-state index contributed by atoms with van der Waals surface area (Å²) < 4.78 is 10.3. The lowest BCUT2D eigenvalue weighted by Gasteiger charge is -2.31. The predicted octanol–water partition coefficient (Wildman–Crippen LogP) is -0.0457. The lowest BCUT2D eigenvalue weighted by Crippen LogP contribution is -2.48. The fourth-order valence-corrected chi connectivity index (χ4v) is 3.37. The summed E-state index contributed by atoms with van der Waals surface area (Å²) in [6.45, 7) is 8.14. The van der Waals surface area contributed by atoms with Crippen LogP contribution in [-0.4, -0.2) is 78.8 Å².